The van der Waals surface area contributed by atoms with E-state index in [1.807, 2.05) is 0 Å². The summed E-state index contributed by atoms with van der Waals surface area (Å²) in [5, 5.41) is 25.1. The summed E-state index contributed by atoms with van der Waals surface area (Å²) in [6.45, 7) is 8.89. The molecule has 69 heavy (non-hydrogen) atoms. The summed E-state index contributed by atoms with van der Waals surface area (Å²) in [6.07, 6.45) is 0. The number of aromatic nitrogens is 1. The van der Waals surface area contributed by atoms with E-state index in [2.05, 4.69) is 26.9 Å². The van der Waals surface area contributed by atoms with Gasteiger partial charge in [0.15, 0.2) is 5.13 Å². The van der Waals surface area contributed by atoms with Crippen molar-refractivity contribution in [3.05, 3.63) is 140 Å². The molecule has 1 aliphatic rings. The fourth-order valence-corrected chi connectivity index (χ4v) is 11.9. The van der Waals surface area contributed by atoms with Gasteiger partial charge in [-0.05, 0) is 103 Å². The van der Waals surface area contributed by atoms with Gasteiger partial charge in [-0.3, -0.25) is 18.4 Å². The van der Waals surface area contributed by atoms with E-state index in [-0.39, 0.29) is 54.9 Å². The van der Waals surface area contributed by atoms with Gasteiger partial charge in [0.05, 0.1) is 37.6 Å². The van der Waals surface area contributed by atoms with Gasteiger partial charge in [-0.25, -0.2) is 23.0 Å². The van der Waals surface area contributed by atoms with E-state index >= 15 is 0 Å². The first-order chi connectivity index (χ1) is 32.1. The zero-order chi connectivity index (χ0) is 50.3. The van der Waals surface area contributed by atoms with Crippen LogP contribution in [0.1, 0.15) is 48.5 Å². The van der Waals surface area contributed by atoms with Crippen LogP contribution in [0.4, 0.5) is 27.9 Å². The number of carboxylic acids is 2. The number of carboxylic acid groups (broad SMARTS) is 2. The summed E-state index contributed by atoms with van der Waals surface area (Å²) in [5.74, 6) is -3.16. The van der Waals surface area contributed by atoms with Crippen molar-refractivity contribution in [3.63, 3.8) is 0 Å². The Kier molecular flexibility index (Phi) is 11.9. The van der Waals surface area contributed by atoms with Crippen LogP contribution in [0.2, 0.25) is 0 Å². The van der Waals surface area contributed by atoms with Gasteiger partial charge in [0.25, 0.3) is 40.4 Å². The number of benzene rings is 6. The molecule has 0 radical (unpaired) electrons. The summed E-state index contributed by atoms with van der Waals surface area (Å²) in [4.78, 5) is 25.5. The monoisotopic (exact) mass is 1030 g/mol. The second-order valence-corrected chi connectivity index (χ2v) is 22.4. The van der Waals surface area contributed by atoms with Crippen molar-refractivity contribution >= 4 is 114 Å². The highest BCUT2D eigenvalue weighted by Gasteiger charge is 2.31. The second kappa shape index (κ2) is 17.1. The summed E-state index contributed by atoms with van der Waals surface area (Å²) in [5.41, 5.74) is 0.997. The molecule has 0 aliphatic carbocycles. The molecular formula is C44H34N4O16S5. The molecule has 1 aromatic heterocycles. The molecule has 2 heterocycles. The normalized spacial score (nSPS) is 12.8. The van der Waals surface area contributed by atoms with Crippen LogP contribution < -0.4 is 30.5 Å². The van der Waals surface area contributed by atoms with E-state index in [9.17, 15) is 67.1 Å². The number of sulfonamides is 1. The van der Waals surface area contributed by atoms with Crippen LogP contribution >= 0.6 is 11.3 Å². The van der Waals surface area contributed by atoms with Crippen LogP contribution in [-0.4, -0.2) is 74.5 Å². The van der Waals surface area contributed by atoms with Crippen molar-refractivity contribution in [2.45, 2.75) is 40.4 Å². The van der Waals surface area contributed by atoms with Crippen LogP contribution in [0.15, 0.2) is 111 Å². The van der Waals surface area contributed by atoms with E-state index in [4.69, 9.17) is 4.74 Å². The number of nitrogens with one attached hydrogen (secondary N) is 3. The number of carbonyl (C=O) groups is 2. The average molecular weight is 1040 g/mol. The number of nitrogens with zero attached hydrogens (tertiary/aromatic N) is 1. The summed E-state index contributed by atoms with van der Waals surface area (Å²) in [6, 6.07) is 18.0. The molecule has 0 atom stereocenters. The fourth-order valence-electron chi connectivity index (χ4n) is 7.81. The maximum atomic E-state index is 13.5. The lowest BCUT2D eigenvalue weighted by atomic mass is 9.92. The smallest absolute Gasteiger partial charge is 0.335 e. The fraction of sp³-hybridized carbons (Fsp3) is 0.0682. The number of thiazole rings is 1. The van der Waals surface area contributed by atoms with E-state index in [1.54, 1.807) is 26.8 Å². The van der Waals surface area contributed by atoms with Crippen LogP contribution in [0, 0.1) is 20.8 Å². The quantitative estimate of drug-likeness (QED) is 0.0578. The van der Waals surface area contributed by atoms with E-state index in [1.165, 1.54) is 42.5 Å². The van der Waals surface area contributed by atoms with Crippen LogP contribution in [-0.2, 0) is 40.4 Å². The number of aryl methyl sites for hydroxylation is 2. The maximum Gasteiger partial charge on any atom is 0.335 e. The zero-order valence-corrected chi connectivity index (χ0v) is 39.7. The van der Waals surface area contributed by atoms with Crippen molar-refractivity contribution in [2.24, 2.45) is 0 Å². The lowest BCUT2D eigenvalue weighted by Crippen LogP contribution is -2.25. The molecule has 0 saturated carbocycles. The molecule has 0 fully saturated rings. The van der Waals surface area contributed by atoms with Gasteiger partial charge in [-0.15, -0.1) is 0 Å². The van der Waals surface area contributed by atoms with Crippen molar-refractivity contribution in [2.75, 3.05) is 15.4 Å². The third-order valence-corrected chi connectivity index (χ3v) is 15.9. The Balaban J connectivity index is 1.19. The lowest BCUT2D eigenvalue weighted by molar-refractivity contribution is 0.0696. The molecule has 8 rings (SSSR count). The molecule has 0 amide bonds. The molecule has 0 unspecified atom stereocenters. The number of ether oxygens (including phenoxy) is 1. The lowest BCUT2D eigenvalue weighted by Gasteiger charge is -2.25. The topological polar surface area (TPSA) is 330 Å². The molecular weight excluding hydrogens is 1000 g/mol. The van der Waals surface area contributed by atoms with E-state index < -0.39 is 78.1 Å². The molecule has 6 aromatic carbocycles. The van der Waals surface area contributed by atoms with E-state index in [0.717, 1.165) is 53.8 Å². The van der Waals surface area contributed by atoms with Gasteiger partial charge >= 0.3 is 11.9 Å². The Hall–Kier alpha value is -7.23. The number of fused-ring (bicyclic) bond motifs is 3. The van der Waals surface area contributed by atoms with Gasteiger partial charge in [0.2, 0.25) is 0 Å². The minimum atomic E-state index is -5.16. The van der Waals surface area contributed by atoms with Gasteiger partial charge in [-0.1, -0.05) is 42.2 Å². The largest absolute Gasteiger partial charge is 0.478 e. The highest BCUT2D eigenvalue weighted by Crippen LogP contribution is 2.44. The van der Waals surface area contributed by atoms with Gasteiger partial charge in [0.1, 0.15) is 26.2 Å². The molecule has 7 aromatic rings. The second-order valence-electron chi connectivity index (χ2n) is 15.5. The number of anilines is 5. The Morgan fingerprint density at radius 2 is 1.26 bits per heavy atom. The molecule has 1 aliphatic heterocycles. The molecule has 0 spiro atoms. The number of aromatic carboxylic acids is 2. The SMILES string of the molecule is C=c1cc2c(cc1S(=O)(=O)O)=C(c1ccccc1S(=O)(=O)O)c1cc(S(=O)(=O)O)c(Nc3c(C)cc(C)c(Nc4nc5ccc(S(=O)(=O)Nc6cc(C(=O)O)cc(C(=O)O)c6)cc5s4)c3C)cc1O2. The van der Waals surface area contributed by atoms with Crippen LogP contribution in [0.5, 0.6) is 11.5 Å². The van der Waals surface area contributed by atoms with Gasteiger partial charge < -0.3 is 25.6 Å². The highest BCUT2D eigenvalue weighted by atomic mass is 32.2. The number of hydrogen-bond acceptors (Lipinski definition) is 15. The minimum Gasteiger partial charge on any atom is -0.478 e. The highest BCUT2D eigenvalue weighted by molar-refractivity contribution is 7.92. The Morgan fingerprint density at radius 1 is 0.652 bits per heavy atom. The Bertz CT molecular complexity index is 3990. The molecule has 356 valence electrons. The summed E-state index contributed by atoms with van der Waals surface area (Å²) in [7, 11) is -19.5. The Morgan fingerprint density at radius 3 is 1.87 bits per heavy atom. The molecule has 0 bridgehead atoms. The van der Waals surface area contributed by atoms with Crippen LogP contribution in [0.3, 0.4) is 0 Å². The predicted molar refractivity (Wildman–Crippen MR) is 253 cm³/mol. The van der Waals surface area contributed by atoms with Crippen LogP contribution in [0.25, 0.3) is 22.4 Å². The first-order valence-electron chi connectivity index (χ1n) is 19.6. The maximum absolute atomic E-state index is 13.5. The first-order valence-corrected chi connectivity index (χ1v) is 26.2. The van der Waals surface area contributed by atoms with Crippen molar-refractivity contribution < 1.29 is 71.9 Å². The van der Waals surface area contributed by atoms with E-state index in [0.29, 0.717) is 43.4 Å². The molecule has 20 nitrogen and oxygen atoms in total. The van der Waals surface area contributed by atoms with Crippen molar-refractivity contribution in [1.29, 1.82) is 0 Å². The van der Waals surface area contributed by atoms with Gasteiger partial charge in [-0.2, -0.15) is 25.3 Å². The summed E-state index contributed by atoms with van der Waals surface area (Å²) >= 11 is 1.07. The predicted octanol–water partition coefficient (Wildman–Crippen LogP) is 6.41. The van der Waals surface area contributed by atoms with Gasteiger partial charge in [0, 0.05) is 39.4 Å². The van der Waals surface area contributed by atoms with Crippen molar-refractivity contribution in [1.82, 2.24) is 4.98 Å². The third-order valence-electron chi connectivity index (χ3n) is 10.8. The third kappa shape index (κ3) is 9.36. The minimum absolute atomic E-state index is 0.101. The first kappa shape index (κ1) is 48.2. The summed E-state index contributed by atoms with van der Waals surface area (Å²) < 4.78 is 143. The molecule has 8 N–H and O–H groups in total. The number of rotatable bonds is 13. The standard InChI is InChI=1S/C44H34N4O16S5/c1-20-12-33-29(17-37(20)68(58,59)60)39(28-7-5-6-8-36(28)67(55,56)57)30-18-38(69(61,62)63)32(19-34(30)64-33)45-40-21(2)11-22(3)41(23(40)4)47-44-46-31-10-9-27(16-35(31)65-44)66(53,54)48-26-14-24(42(49)50)13-25(15-26)43(51)52/h5-19,45,48H,1H2,2-4H3,(H,46,47)(H,49,50)(H,51,52)(H,55,56,57)(H,58,59,60)(H,61,62,63). The average Bonchev–Trinajstić information content (AvgIpc) is 3.66. The van der Waals surface area contributed by atoms with Crippen molar-refractivity contribution in [3.8, 4) is 11.5 Å². The molecule has 25 heteroatoms. The number of hydrogen-bond donors (Lipinski definition) is 8. The zero-order valence-electron chi connectivity index (χ0n) is 35.6. The Labute approximate surface area is 396 Å². The molecule has 0 saturated heterocycles.